The fourth-order valence-electron chi connectivity index (χ4n) is 2.98. The van der Waals surface area contributed by atoms with Gasteiger partial charge in [0, 0.05) is 12.5 Å². The maximum Gasteiger partial charge on any atom is 0.311 e. The van der Waals surface area contributed by atoms with E-state index in [2.05, 4.69) is 10.3 Å². The van der Waals surface area contributed by atoms with Crippen LogP contribution in [-0.2, 0) is 4.74 Å². The lowest BCUT2D eigenvalue weighted by atomic mass is 10.1. The molecule has 3 rings (SSSR count). The van der Waals surface area contributed by atoms with Crippen molar-refractivity contribution in [1.29, 1.82) is 0 Å². The summed E-state index contributed by atoms with van der Waals surface area (Å²) in [5.74, 6) is 0. The molecule has 1 N–H and O–H groups in total. The first-order chi connectivity index (χ1) is 10.2. The Morgan fingerprint density at radius 2 is 2.19 bits per heavy atom. The number of ether oxygens (including phenoxy) is 1. The first-order valence-corrected chi connectivity index (χ1v) is 7.02. The first-order valence-electron chi connectivity index (χ1n) is 7.02. The highest BCUT2D eigenvalue weighted by Gasteiger charge is 2.29. The molecular weight excluding hydrogens is 270 g/mol. The molecule has 1 saturated carbocycles. The lowest BCUT2D eigenvalue weighted by molar-refractivity contribution is -0.384. The summed E-state index contributed by atoms with van der Waals surface area (Å²) in [5, 5.41) is 15.4. The summed E-state index contributed by atoms with van der Waals surface area (Å²) in [4.78, 5) is 15.1. The molecule has 1 aromatic heterocycles. The summed E-state index contributed by atoms with van der Waals surface area (Å²) in [6.45, 7) is 0. The zero-order chi connectivity index (χ0) is 14.8. The molecule has 0 bridgehead atoms. The van der Waals surface area contributed by atoms with Gasteiger partial charge in [-0.05, 0) is 25.3 Å². The van der Waals surface area contributed by atoms with Gasteiger partial charge in [-0.2, -0.15) is 0 Å². The third-order valence-corrected chi connectivity index (χ3v) is 4.04. The first kappa shape index (κ1) is 13.8. The second kappa shape index (κ2) is 5.65. The highest BCUT2D eigenvalue weighted by molar-refractivity contribution is 5.95. The van der Waals surface area contributed by atoms with E-state index in [9.17, 15) is 10.1 Å². The van der Waals surface area contributed by atoms with Crippen LogP contribution in [0.1, 0.15) is 19.3 Å². The van der Waals surface area contributed by atoms with Gasteiger partial charge in [-0.1, -0.05) is 18.2 Å². The quantitative estimate of drug-likeness (QED) is 0.690. The summed E-state index contributed by atoms with van der Waals surface area (Å²) in [7, 11) is 1.68. The van der Waals surface area contributed by atoms with Crippen LogP contribution in [0.3, 0.4) is 0 Å². The minimum absolute atomic E-state index is 0.00968. The average Bonchev–Trinajstić information content (AvgIpc) is 2.94. The van der Waals surface area contributed by atoms with Gasteiger partial charge in [-0.25, -0.2) is 4.98 Å². The van der Waals surface area contributed by atoms with Crippen LogP contribution in [0.2, 0.25) is 0 Å². The topological polar surface area (TPSA) is 77.3 Å². The number of benzene rings is 1. The summed E-state index contributed by atoms with van der Waals surface area (Å²) < 4.78 is 5.46. The lowest BCUT2D eigenvalue weighted by Crippen LogP contribution is -2.30. The maximum absolute atomic E-state index is 11.3. The van der Waals surface area contributed by atoms with Gasteiger partial charge in [-0.3, -0.25) is 10.1 Å². The van der Waals surface area contributed by atoms with Gasteiger partial charge in [0.1, 0.15) is 11.9 Å². The maximum atomic E-state index is 11.3. The van der Waals surface area contributed by atoms with E-state index in [-0.39, 0.29) is 17.8 Å². The Hall–Kier alpha value is -2.21. The van der Waals surface area contributed by atoms with Crippen molar-refractivity contribution in [3.63, 3.8) is 0 Å². The molecule has 2 unspecified atom stereocenters. The number of para-hydroxylation sites is 1. The molecule has 0 aliphatic heterocycles. The van der Waals surface area contributed by atoms with Crippen molar-refractivity contribution in [3.8, 4) is 0 Å². The Morgan fingerprint density at radius 3 is 2.95 bits per heavy atom. The number of nitrogens with one attached hydrogen (secondary N) is 1. The van der Waals surface area contributed by atoms with Crippen molar-refractivity contribution in [2.75, 3.05) is 12.4 Å². The van der Waals surface area contributed by atoms with Gasteiger partial charge < -0.3 is 10.1 Å². The van der Waals surface area contributed by atoms with Crippen molar-refractivity contribution in [2.45, 2.75) is 31.4 Å². The molecule has 1 aromatic carbocycles. The van der Waals surface area contributed by atoms with Crippen LogP contribution in [0.25, 0.3) is 10.9 Å². The fraction of sp³-hybridized carbons (Fsp3) is 0.400. The summed E-state index contributed by atoms with van der Waals surface area (Å²) >= 11 is 0. The molecule has 1 heterocycles. The van der Waals surface area contributed by atoms with Gasteiger partial charge in [-0.15, -0.1) is 0 Å². The average molecular weight is 287 g/mol. The highest BCUT2D eigenvalue weighted by Crippen LogP contribution is 2.34. The number of hydrogen-bond donors (Lipinski definition) is 1. The molecule has 1 aliphatic carbocycles. The van der Waals surface area contributed by atoms with E-state index in [1.807, 2.05) is 24.3 Å². The van der Waals surface area contributed by atoms with Gasteiger partial charge in [0.25, 0.3) is 0 Å². The molecule has 6 heteroatoms. The fourth-order valence-corrected chi connectivity index (χ4v) is 2.98. The predicted octanol–water partition coefficient (Wildman–Crippen LogP) is 3.12. The van der Waals surface area contributed by atoms with E-state index in [0.29, 0.717) is 5.69 Å². The van der Waals surface area contributed by atoms with E-state index < -0.39 is 4.92 Å². The zero-order valence-electron chi connectivity index (χ0n) is 11.8. The number of anilines is 1. The van der Waals surface area contributed by atoms with E-state index >= 15 is 0 Å². The van der Waals surface area contributed by atoms with Crippen molar-refractivity contribution >= 4 is 22.3 Å². The molecule has 2 atom stereocenters. The van der Waals surface area contributed by atoms with E-state index in [1.165, 1.54) is 6.20 Å². The zero-order valence-corrected chi connectivity index (χ0v) is 11.8. The molecule has 0 radical (unpaired) electrons. The largest absolute Gasteiger partial charge is 0.379 e. The number of pyridine rings is 1. The van der Waals surface area contributed by atoms with Crippen LogP contribution in [0, 0.1) is 10.1 Å². The Kier molecular flexibility index (Phi) is 3.70. The number of rotatable bonds is 4. The van der Waals surface area contributed by atoms with Crippen molar-refractivity contribution in [2.24, 2.45) is 0 Å². The van der Waals surface area contributed by atoms with Crippen LogP contribution < -0.4 is 5.32 Å². The standard InChI is InChI=1S/C15H17N3O3/c1-21-14-8-4-7-12(14)17-15-10-5-2-3-6-11(10)16-9-13(15)18(19)20/h2-3,5-6,9,12,14H,4,7-8H2,1H3,(H,16,17). The van der Waals surface area contributed by atoms with Gasteiger partial charge in [0.2, 0.25) is 0 Å². The second-order valence-electron chi connectivity index (χ2n) is 5.25. The minimum atomic E-state index is -0.390. The lowest BCUT2D eigenvalue weighted by Gasteiger charge is -2.21. The molecule has 2 aromatic rings. The predicted molar refractivity (Wildman–Crippen MR) is 80.5 cm³/mol. The molecule has 110 valence electrons. The number of hydrogen-bond acceptors (Lipinski definition) is 5. The third-order valence-electron chi connectivity index (χ3n) is 4.04. The van der Waals surface area contributed by atoms with Gasteiger partial charge >= 0.3 is 5.69 Å². The summed E-state index contributed by atoms with van der Waals surface area (Å²) in [6, 6.07) is 7.54. The normalized spacial score (nSPS) is 21.6. The van der Waals surface area contributed by atoms with Gasteiger partial charge in [0.05, 0.1) is 22.6 Å². The molecule has 1 fully saturated rings. The Morgan fingerprint density at radius 1 is 1.38 bits per heavy atom. The summed E-state index contributed by atoms with van der Waals surface area (Å²) in [6.07, 6.45) is 4.41. The van der Waals surface area contributed by atoms with Gasteiger partial charge in [0.15, 0.2) is 0 Å². The molecule has 0 saturated heterocycles. The number of fused-ring (bicyclic) bond motifs is 1. The number of methoxy groups -OCH3 is 1. The van der Waals surface area contributed by atoms with Crippen LogP contribution in [0.15, 0.2) is 30.5 Å². The molecule has 21 heavy (non-hydrogen) atoms. The molecular formula is C15H17N3O3. The number of aromatic nitrogens is 1. The molecule has 1 aliphatic rings. The van der Waals surface area contributed by atoms with Crippen LogP contribution in [0.4, 0.5) is 11.4 Å². The second-order valence-corrected chi connectivity index (χ2v) is 5.25. The Balaban J connectivity index is 2.06. The monoisotopic (exact) mass is 287 g/mol. The molecule has 0 amide bonds. The Labute approximate surface area is 122 Å². The number of nitro groups is 1. The van der Waals surface area contributed by atoms with E-state index in [1.54, 1.807) is 7.11 Å². The van der Waals surface area contributed by atoms with Crippen LogP contribution in [-0.4, -0.2) is 29.2 Å². The van der Waals surface area contributed by atoms with Crippen molar-refractivity contribution < 1.29 is 9.66 Å². The highest BCUT2D eigenvalue weighted by atomic mass is 16.6. The number of nitrogens with zero attached hydrogens (tertiary/aromatic N) is 2. The van der Waals surface area contributed by atoms with Crippen molar-refractivity contribution in [3.05, 3.63) is 40.6 Å². The smallest absolute Gasteiger partial charge is 0.311 e. The van der Waals surface area contributed by atoms with E-state index in [0.717, 1.165) is 30.2 Å². The third kappa shape index (κ3) is 2.54. The molecule has 6 nitrogen and oxygen atoms in total. The van der Waals surface area contributed by atoms with Crippen LogP contribution in [0.5, 0.6) is 0 Å². The Bertz CT molecular complexity index is 674. The molecule has 0 spiro atoms. The minimum Gasteiger partial charge on any atom is -0.379 e. The van der Waals surface area contributed by atoms with E-state index in [4.69, 9.17) is 4.74 Å². The summed E-state index contributed by atoms with van der Waals surface area (Å²) in [5.41, 5.74) is 1.30. The van der Waals surface area contributed by atoms with Crippen molar-refractivity contribution in [1.82, 2.24) is 4.98 Å². The van der Waals surface area contributed by atoms with Crippen LogP contribution >= 0.6 is 0 Å². The SMILES string of the molecule is COC1CCCC1Nc1c([N+](=O)[O-])cnc2ccccc12.